The summed E-state index contributed by atoms with van der Waals surface area (Å²) in [5.41, 5.74) is 0.907. The molecule has 4 heterocycles. The average molecular weight is 495 g/mol. The van der Waals surface area contributed by atoms with Crippen molar-refractivity contribution >= 4 is 23.3 Å². The maximum atomic E-state index is 12.3. The lowest BCUT2D eigenvalue weighted by atomic mass is 9.58. The largest absolute Gasteiger partial charge is 0.350 e. The summed E-state index contributed by atoms with van der Waals surface area (Å²) in [5.74, 6) is 0.349. The van der Waals surface area contributed by atoms with Crippen LogP contribution in [0, 0.1) is 30.6 Å². The molecule has 0 aromatic heterocycles. The zero-order chi connectivity index (χ0) is 24.1. The molecule has 2 amide bonds. The SMILES string of the molecule is Cc1c(Cl)cccc1NC(=O)NCCO[C@H]1O[C@@H]2O[C@]3(C)CC[C@H]4[C@H](C)CC[C@@H]([C@H]1C)[C@@]24OO3. The minimum Gasteiger partial charge on any atom is -0.350 e. The third-order valence-electron chi connectivity index (χ3n) is 8.28. The maximum Gasteiger partial charge on any atom is 0.319 e. The smallest absolute Gasteiger partial charge is 0.319 e. The van der Waals surface area contributed by atoms with E-state index < -0.39 is 24.0 Å². The van der Waals surface area contributed by atoms with Crippen molar-refractivity contribution in [2.75, 3.05) is 18.5 Å². The normalized spacial score (nSPS) is 40.9. The third-order valence-corrected chi connectivity index (χ3v) is 8.69. The molecular weight excluding hydrogens is 460 g/mol. The second-order valence-corrected chi connectivity index (χ2v) is 10.8. The summed E-state index contributed by atoms with van der Waals surface area (Å²) in [6.45, 7) is 8.89. The zero-order valence-corrected chi connectivity index (χ0v) is 21.0. The van der Waals surface area contributed by atoms with Gasteiger partial charge in [-0.15, -0.1) is 0 Å². The Labute approximate surface area is 205 Å². The van der Waals surface area contributed by atoms with Crippen molar-refractivity contribution in [2.24, 2.45) is 23.7 Å². The molecule has 0 radical (unpaired) electrons. The first-order chi connectivity index (χ1) is 16.2. The number of rotatable bonds is 5. The van der Waals surface area contributed by atoms with E-state index in [0.717, 1.165) is 31.2 Å². The van der Waals surface area contributed by atoms with E-state index in [-0.39, 0.29) is 17.9 Å². The van der Waals surface area contributed by atoms with Crippen LogP contribution >= 0.6 is 11.6 Å². The van der Waals surface area contributed by atoms with Gasteiger partial charge < -0.3 is 24.8 Å². The molecule has 4 saturated heterocycles. The van der Waals surface area contributed by atoms with Crippen molar-refractivity contribution in [2.45, 2.75) is 77.3 Å². The van der Waals surface area contributed by atoms with Crippen LogP contribution in [0.25, 0.3) is 0 Å². The van der Waals surface area contributed by atoms with Crippen molar-refractivity contribution in [3.63, 3.8) is 0 Å². The third kappa shape index (κ3) is 4.12. The molecule has 1 saturated carbocycles. The summed E-state index contributed by atoms with van der Waals surface area (Å²) in [6.07, 6.45) is 2.96. The molecule has 1 aromatic rings. The number of hydrogen-bond acceptors (Lipinski definition) is 6. The molecule has 5 aliphatic rings. The summed E-state index contributed by atoms with van der Waals surface area (Å²) in [5, 5.41) is 6.27. The Balaban J connectivity index is 1.19. The van der Waals surface area contributed by atoms with Gasteiger partial charge >= 0.3 is 6.03 Å². The fourth-order valence-electron chi connectivity index (χ4n) is 6.31. The van der Waals surface area contributed by atoms with Crippen LogP contribution in [0.2, 0.25) is 5.02 Å². The van der Waals surface area contributed by atoms with Crippen molar-refractivity contribution in [3.8, 4) is 0 Å². The summed E-state index contributed by atoms with van der Waals surface area (Å²) < 4.78 is 18.9. The highest BCUT2D eigenvalue weighted by Crippen LogP contribution is 2.60. The Morgan fingerprint density at radius 2 is 2.03 bits per heavy atom. The molecule has 1 aliphatic carbocycles. The number of benzene rings is 1. The van der Waals surface area contributed by atoms with Gasteiger partial charge in [0, 0.05) is 35.5 Å². The van der Waals surface area contributed by atoms with Crippen LogP contribution in [0.1, 0.15) is 52.0 Å². The fraction of sp³-hybridized carbons (Fsp3) is 0.720. The second kappa shape index (κ2) is 9.22. The predicted octanol–water partition coefficient (Wildman–Crippen LogP) is 4.99. The molecule has 4 aliphatic heterocycles. The van der Waals surface area contributed by atoms with Gasteiger partial charge in [0.05, 0.1) is 6.61 Å². The van der Waals surface area contributed by atoms with Gasteiger partial charge in [0.1, 0.15) is 0 Å². The van der Waals surface area contributed by atoms with Crippen molar-refractivity contribution in [1.29, 1.82) is 0 Å². The van der Waals surface area contributed by atoms with Crippen LogP contribution in [-0.2, 0) is 24.0 Å². The van der Waals surface area contributed by atoms with E-state index in [1.165, 1.54) is 0 Å². The number of fused-ring (bicyclic) bond motifs is 2. The lowest BCUT2D eigenvalue weighted by Crippen LogP contribution is -2.70. The predicted molar refractivity (Wildman–Crippen MR) is 126 cm³/mol. The highest BCUT2D eigenvalue weighted by molar-refractivity contribution is 6.31. The first-order valence-electron chi connectivity index (χ1n) is 12.4. The van der Waals surface area contributed by atoms with Crippen LogP contribution in [0.15, 0.2) is 18.2 Å². The van der Waals surface area contributed by atoms with Gasteiger partial charge in [-0.3, -0.25) is 0 Å². The minimum atomic E-state index is -0.805. The van der Waals surface area contributed by atoms with E-state index in [2.05, 4.69) is 24.5 Å². The van der Waals surface area contributed by atoms with E-state index in [0.29, 0.717) is 35.7 Å². The lowest BCUT2D eigenvalue weighted by Gasteiger charge is -2.60. The number of ether oxygens (including phenoxy) is 3. The molecule has 5 fully saturated rings. The van der Waals surface area contributed by atoms with E-state index in [4.69, 9.17) is 35.6 Å². The Morgan fingerprint density at radius 3 is 2.85 bits per heavy atom. The number of amides is 2. The lowest BCUT2D eigenvalue weighted by molar-refractivity contribution is -0.577. The first-order valence-corrected chi connectivity index (χ1v) is 12.7. The van der Waals surface area contributed by atoms with E-state index in [1.54, 1.807) is 12.1 Å². The van der Waals surface area contributed by atoms with E-state index in [1.807, 2.05) is 19.9 Å². The van der Waals surface area contributed by atoms with E-state index >= 15 is 0 Å². The molecule has 9 heteroatoms. The van der Waals surface area contributed by atoms with Crippen LogP contribution < -0.4 is 10.6 Å². The molecule has 1 aromatic carbocycles. The van der Waals surface area contributed by atoms with Crippen molar-refractivity contribution in [1.82, 2.24) is 5.32 Å². The molecule has 8 nitrogen and oxygen atoms in total. The van der Waals surface area contributed by atoms with Gasteiger partial charge in [0.25, 0.3) is 0 Å². The molecular formula is C25H35ClN2O6. The Kier molecular flexibility index (Phi) is 6.59. The molecule has 8 atom stereocenters. The highest BCUT2D eigenvalue weighted by Gasteiger charge is 2.69. The summed E-state index contributed by atoms with van der Waals surface area (Å²) in [6, 6.07) is 5.10. The standard InChI is InChI=1S/C25H35ClN2O6/c1-14-8-9-18-15(2)21(31-22-25(18)17(14)10-11-24(4,32-22)33-34-25)30-13-12-27-23(29)28-20-7-5-6-19(26)16(20)3/h5-7,14-15,17-18,21-22H,8-13H2,1-4H3,(H2,27,28,29)/t14-,15-,17+,18+,21+,22-,24+,25-/m1/s1. The molecule has 2 bridgehead atoms. The minimum absolute atomic E-state index is 0.101. The number of urea groups is 1. The van der Waals surface area contributed by atoms with Gasteiger partial charge in [-0.1, -0.05) is 31.5 Å². The Bertz CT molecular complexity index is 933. The van der Waals surface area contributed by atoms with Crippen LogP contribution in [0.4, 0.5) is 10.5 Å². The number of halogens is 1. The molecule has 188 valence electrons. The molecule has 0 unspecified atom stereocenters. The van der Waals surface area contributed by atoms with Crippen LogP contribution in [0.5, 0.6) is 0 Å². The van der Waals surface area contributed by atoms with Crippen molar-refractivity contribution < 1.29 is 28.8 Å². The maximum absolute atomic E-state index is 12.3. The topological polar surface area (TPSA) is 87.3 Å². The summed E-state index contributed by atoms with van der Waals surface area (Å²) >= 11 is 6.13. The van der Waals surface area contributed by atoms with Gasteiger partial charge in [0.2, 0.25) is 5.79 Å². The average Bonchev–Trinajstić information content (AvgIpc) is 3.03. The molecule has 34 heavy (non-hydrogen) atoms. The van der Waals surface area contributed by atoms with Crippen LogP contribution in [0.3, 0.4) is 0 Å². The Morgan fingerprint density at radius 1 is 1.21 bits per heavy atom. The number of hydrogen-bond donors (Lipinski definition) is 2. The number of carbonyl (C=O) groups is 1. The molecule has 1 spiro atoms. The first kappa shape index (κ1) is 24.3. The fourth-order valence-corrected chi connectivity index (χ4v) is 6.49. The van der Waals surface area contributed by atoms with Crippen LogP contribution in [-0.4, -0.2) is 43.2 Å². The van der Waals surface area contributed by atoms with Gasteiger partial charge in [0.15, 0.2) is 18.2 Å². The number of carbonyl (C=O) groups excluding carboxylic acids is 1. The van der Waals surface area contributed by atoms with Gasteiger partial charge in [-0.25, -0.2) is 14.6 Å². The second-order valence-electron chi connectivity index (χ2n) is 10.4. The highest BCUT2D eigenvalue weighted by atomic mass is 35.5. The zero-order valence-electron chi connectivity index (χ0n) is 20.3. The number of nitrogens with one attached hydrogen (secondary N) is 2. The summed E-state index contributed by atoms with van der Waals surface area (Å²) in [4.78, 5) is 24.3. The van der Waals surface area contributed by atoms with Gasteiger partial charge in [-0.2, -0.15) is 0 Å². The number of anilines is 1. The van der Waals surface area contributed by atoms with E-state index in [9.17, 15) is 4.79 Å². The Hall–Kier alpha value is -1.42. The summed E-state index contributed by atoms with van der Waals surface area (Å²) in [7, 11) is 0. The quantitative estimate of drug-likeness (QED) is 0.442. The molecule has 6 rings (SSSR count). The monoisotopic (exact) mass is 494 g/mol. The molecule has 2 N–H and O–H groups in total. The van der Waals surface area contributed by atoms with Crippen molar-refractivity contribution in [3.05, 3.63) is 28.8 Å². The van der Waals surface area contributed by atoms with Gasteiger partial charge in [-0.05, 0) is 62.6 Å².